The van der Waals surface area contributed by atoms with Crippen LogP contribution in [0, 0.1) is 11.8 Å². The second kappa shape index (κ2) is 6.31. The molecule has 144 valence electrons. The fourth-order valence-electron chi connectivity index (χ4n) is 2.99. The maximum absolute atomic E-state index is 12.5. The molecule has 0 spiro atoms. The summed E-state index contributed by atoms with van der Waals surface area (Å²) in [5.74, 6) is -2.82. The van der Waals surface area contributed by atoms with Gasteiger partial charge < -0.3 is 10.1 Å². The Bertz CT molecular complexity index is 678. The van der Waals surface area contributed by atoms with Crippen molar-refractivity contribution in [3.63, 3.8) is 0 Å². The van der Waals surface area contributed by atoms with E-state index in [-0.39, 0.29) is 18.7 Å². The lowest BCUT2D eigenvalue weighted by molar-refractivity contribution is -0.204. The van der Waals surface area contributed by atoms with E-state index in [4.69, 9.17) is 0 Å². The lowest BCUT2D eigenvalue weighted by Gasteiger charge is -2.36. The van der Waals surface area contributed by atoms with Crippen LogP contribution >= 0.6 is 0 Å². The summed E-state index contributed by atoms with van der Waals surface area (Å²) in [6.45, 7) is -1.48. The monoisotopic (exact) mass is 382 g/mol. The van der Waals surface area contributed by atoms with Crippen LogP contribution in [0.15, 0.2) is 18.3 Å². The highest BCUT2D eigenvalue weighted by Crippen LogP contribution is 2.49. The molecule has 1 aromatic rings. The Morgan fingerprint density at radius 3 is 2.42 bits per heavy atom. The first-order valence-electron chi connectivity index (χ1n) is 8.03. The minimum absolute atomic E-state index is 0.221. The molecule has 1 N–H and O–H groups in total. The van der Waals surface area contributed by atoms with Crippen molar-refractivity contribution in [1.29, 1.82) is 0 Å². The highest BCUT2D eigenvalue weighted by Gasteiger charge is 2.52. The molecule has 4 nitrogen and oxygen atoms in total. The predicted octanol–water partition coefficient (Wildman–Crippen LogP) is 3.72. The molecule has 0 aliphatic heterocycles. The van der Waals surface area contributed by atoms with Crippen molar-refractivity contribution >= 4 is 5.91 Å². The van der Waals surface area contributed by atoms with E-state index in [9.17, 15) is 31.1 Å². The zero-order chi connectivity index (χ0) is 19.2. The molecule has 1 amide bonds. The van der Waals surface area contributed by atoms with E-state index in [0.717, 1.165) is 0 Å². The molecule has 0 unspecified atom stereocenters. The van der Waals surface area contributed by atoms with Crippen LogP contribution in [0.1, 0.15) is 31.2 Å². The quantitative estimate of drug-likeness (QED) is 0.790. The van der Waals surface area contributed by atoms with Gasteiger partial charge in [-0.05, 0) is 37.3 Å². The van der Waals surface area contributed by atoms with Crippen LogP contribution in [-0.2, 0) is 10.3 Å². The number of pyridine rings is 1. The van der Waals surface area contributed by atoms with Crippen LogP contribution in [0.5, 0.6) is 5.88 Å². The molecule has 2 fully saturated rings. The van der Waals surface area contributed by atoms with Crippen LogP contribution in [0.3, 0.4) is 0 Å². The second-order valence-electron chi connectivity index (χ2n) is 6.76. The standard InChI is InChI=1S/C16H16F6N2O2/c17-15(18,19)8-26-12-7-10(1-4-23-12)14(2-3-14)24-13(25)9-5-11(6-9)16(20,21)22/h1,4,7,9,11H,2-3,5-6,8H2,(H,24,25). The number of hydrogen-bond donors (Lipinski definition) is 1. The number of carbonyl (C=O) groups excluding carboxylic acids is 1. The molecule has 1 heterocycles. The van der Waals surface area contributed by atoms with Gasteiger partial charge in [0.25, 0.3) is 0 Å². The summed E-state index contributed by atoms with van der Waals surface area (Å²) in [5.41, 5.74) is -0.232. The maximum Gasteiger partial charge on any atom is 0.422 e. The fourth-order valence-corrected chi connectivity index (χ4v) is 2.99. The van der Waals surface area contributed by atoms with Crippen LogP contribution in [0.2, 0.25) is 0 Å². The molecular weight excluding hydrogens is 366 g/mol. The minimum atomic E-state index is -4.50. The summed E-state index contributed by atoms with van der Waals surface area (Å²) in [5, 5.41) is 2.75. The number of carbonyl (C=O) groups is 1. The van der Waals surface area contributed by atoms with Gasteiger partial charge in [-0.25, -0.2) is 4.98 Å². The number of alkyl halides is 6. The molecule has 2 aliphatic rings. The molecule has 0 saturated heterocycles. The molecule has 0 radical (unpaired) electrons. The number of ether oxygens (including phenoxy) is 1. The first kappa shape index (κ1) is 18.8. The van der Waals surface area contributed by atoms with E-state index in [1.54, 1.807) is 6.07 Å². The Hall–Kier alpha value is -2.00. The van der Waals surface area contributed by atoms with Crippen molar-refractivity contribution in [3.8, 4) is 5.88 Å². The summed E-state index contributed by atoms with van der Waals surface area (Å²) in [4.78, 5) is 15.9. The van der Waals surface area contributed by atoms with Gasteiger partial charge in [0, 0.05) is 18.2 Å². The largest absolute Gasteiger partial charge is 0.468 e. The van der Waals surface area contributed by atoms with Crippen molar-refractivity contribution in [1.82, 2.24) is 10.3 Å². The third kappa shape index (κ3) is 4.21. The van der Waals surface area contributed by atoms with Gasteiger partial charge in [0.05, 0.1) is 11.5 Å². The van der Waals surface area contributed by atoms with Crippen LogP contribution in [0.4, 0.5) is 26.3 Å². The van der Waals surface area contributed by atoms with E-state index in [2.05, 4.69) is 15.0 Å². The van der Waals surface area contributed by atoms with Crippen molar-refractivity contribution in [2.45, 2.75) is 43.6 Å². The molecule has 10 heteroatoms. The first-order valence-corrected chi connectivity index (χ1v) is 8.03. The van der Waals surface area contributed by atoms with Gasteiger partial charge in [0.2, 0.25) is 11.8 Å². The zero-order valence-electron chi connectivity index (χ0n) is 13.5. The molecular formula is C16H16F6N2O2. The summed E-state index contributed by atoms with van der Waals surface area (Å²) < 4.78 is 78.8. The van der Waals surface area contributed by atoms with E-state index in [1.165, 1.54) is 12.3 Å². The highest BCUT2D eigenvalue weighted by molar-refractivity contribution is 5.81. The van der Waals surface area contributed by atoms with Crippen molar-refractivity contribution in [2.75, 3.05) is 6.61 Å². The Kier molecular flexibility index (Phi) is 4.56. The van der Waals surface area contributed by atoms with Crippen molar-refractivity contribution in [2.24, 2.45) is 11.8 Å². The van der Waals surface area contributed by atoms with Crippen molar-refractivity contribution in [3.05, 3.63) is 23.9 Å². The smallest absolute Gasteiger partial charge is 0.422 e. The van der Waals surface area contributed by atoms with Crippen LogP contribution < -0.4 is 10.1 Å². The summed E-state index contributed by atoms with van der Waals surface area (Å²) in [6.07, 6.45) is -6.88. The normalized spacial score (nSPS) is 24.5. The Morgan fingerprint density at radius 2 is 1.88 bits per heavy atom. The molecule has 0 atom stereocenters. The van der Waals surface area contributed by atoms with E-state index >= 15 is 0 Å². The first-order chi connectivity index (χ1) is 12.0. The summed E-state index contributed by atoms with van der Waals surface area (Å²) in [6, 6.07) is 2.87. The summed E-state index contributed by atoms with van der Waals surface area (Å²) >= 11 is 0. The minimum Gasteiger partial charge on any atom is -0.468 e. The number of hydrogen-bond acceptors (Lipinski definition) is 3. The Balaban J connectivity index is 1.60. The van der Waals surface area contributed by atoms with E-state index in [1.807, 2.05) is 0 Å². The van der Waals surface area contributed by atoms with Gasteiger partial charge in [-0.1, -0.05) is 0 Å². The Labute approximate surface area is 144 Å². The fraction of sp³-hybridized carbons (Fsp3) is 0.625. The van der Waals surface area contributed by atoms with E-state index < -0.39 is 42.2 Å². The van der Waals surface area contributed by atoms with E-state index in [0.29, 0.717) is 18.4 Å². The predicted molar refractivity (Wildman–Crippen MR) is 77.1 cm³/mol. The lowest BCUT2D eigenvalue weighted by Crippen LogP contribution is -2.46. The Morgan fingerprint density at radius 1 is 1.23 bits per heavy atom. The molecule has 0 aromatic carbocycles. The molecule has 2 saturated carbocycles. The molecule has 1 aromatic heterocycles. The molecule has 26 heavy (non-hydrogen) atoms. The third-order valence-electron chi connectivity index (χ3n) is 4.76. The number of nitrogens with one attached hydrogen (secondary N) is 1. The van der Waals surface area contributed by atoms with Crippen LogP contribution in [-0.4, -0.2) is 29.9 Å². The third-order valence-corrected chi connectivity index (χ3v) is 4.76. The lowest BCUT2D eigenvalue weighted by atomic mass is 9.74. The van der Waals surface area contributed by atoms with Gasteiger partial charge in [0.15, 0.2) is 6.61 Å². The number of aromatic nitrogens is 1. The topological polar surface area (TPSA) is 51.2 Å². The van der Waals surface area contributed by atoms with Gasteiger partial charge in [-0.15, -0.1) is 0 Å². The zero-order valence-corrected chi connectivity index (χ0v) is 13.5. The maximum atomic E-state index is 12.5. The van der Waals surface area contributed by atoms with Crippen LogP contribution in [0.25, 0.3) is 0 Å². The number of amides is 1. The summed E-state index contributed by atoms with van der Waals surface area (Å²) in [7, 11) is 0. The molecule has 3 rings (SSSR count). The number of rotatable bonds is 5. The van der Waals surface area contributed by atoms with Gasteiger partial charge in [-0.3, -0.25) is 4.79 Å². The van der Waals surface area contributed by atoms with Gasteiger partial charge in [0.1, 0.15) is 0 Å². The highest BCUT2D eigenvalue weighted by atomic mass is 19.4. The number of nitrogens with zero attached hydrogens (tertiary/aromatic N) is 1. The van der Waals surface area contributed by atoms with Crippen molar-refractivity contribution < 1.29 is 35.9 Å². The van der Waals surface area contributed by atoms with Gasteiger partial charge in [-0.2, -0.15) is 26.3 Å². The SMILES string of the molecule is O=C(NC1(c2ccnc(OCC(F)(F)F)c2)CC1)C1CC(C(F)(F)F)C1. The number of halogens is 6. The van der Waals surface area contributed by atoms with Gasteiger partial charge >= 0.3 is 12.4 Å². The molecule has 0 bridgehead atoms. The average Bonchev–Trinajstić information content (AvgIpc) is 3.22. The average molecular weight is 382 g/mol. The molecule has 2 aliphatic carbocycles. The second-order valence-corrected chi connectivity index (χ2v) is 6.76.